The standard InChI is InChI=1S/C11H10N2.C2H6/c1-9-7-12-8-11(13-9)10-5-3-2-4-6-10;1-2/h2-8H,1H3;1-2H3. The Hall–Kier alpha value is -1.70. The maximum atomic E-state index is 4.38. The first kappa shape index (κ1) is 11.4. The minimum absolute atomic E-state index is 0.931. The van der Waals surface area contributed by atoms with E-state index < -0.39 is 0 Å². The Morgan fingerprint density at radius 2 is 1.60 bits per heavy atom. The summed E-state index contributed by atoms with van der Waals surface area (Å²) in [6, 6.07) is 10.1. The Kier molecular flexibility index (Phi) is 4.48. The zero-order valence-corrected chi connectivity index (χ0v) is 9.44. The first-order chi connectivity index (χ1) is 7.36. The highest BCUT2D eigenvalue weighted by molar-refractivity contribution is 5.57. The lowest BCUT2D eigenvalue weighted by Crippen LogP contribution is -1.87. The van der Waals surface area contributed by atoms with Crippen LogP contribution in [-0.2, 0) is 0 Å². The SMILES string of the molecule is CC.Cc1cncc(-c2ccccc2)n1. The van der Waals surface area contributed by atoms with Gasteiger partial charge in [-0.05, 0) is 6.92 Å². The molecule has 15 heavy (non-hydrogen) atoms. The average Bonchev–Trinajstić information content (AvgIpc) is 2.33. The van der Waals surface area contributed by atoms with Crippen LogP contribution in [0.25, 0.3) is 11.3 Å². The average molecular weight is 200 g/mol. The Balaban J connectivity index is 0.000000531. The van der Waals surface area contributed by atoms with E-state index >= 15 is 0 Å². The molecule has 1 aromatic carbocycles. The van der Waals surface area contributed by atoms with E-state index in [0.29, 0.717) is 0 Å². The first-order valence-electron chi connectivity index (χ1n) is 5.20. The third-order valence-corrected chi connectivity index (χ3v) is 1.82. The lowest BCUT2D eigenvalue weighted by Gasteiger charge is -1.99. The largest absolute Gasteiger partial charge is 0.261 e. The van der Waals surface area contributed by atoms with Crippen molar-refractivity contribution in [1.29, 1.82) is 0 Å². The van der Waals surface area contributed by atoms with Crippen LogP contribution in [0.15, 0.2) is 42.7 Å². The summed E-state index contributed by atoms with van der Waals surface area (Å²) in [4.78, 5) is 8.48. The molecule has 1 heterocycles. The van der Waals surface area contributed by atoms with Crippen LogP contribution in [0, 0.1) is 6.92 Å². The first-order valence-corrected chi connectivity index (χ1v) is 5.20. The van der Waals surface area contributed by atoms with Gasteiger partial charge in [-0.2, -0.15) is 0 Å². The predicted octanol–water partition coefficient (Wildman–Crippen LogP) is 3.48. The highest BCUT2D eigenvalue weighted by atomic mass is 14.8. The topological polar surface area (TPSA) is 25.8 Å². The third kappa shape index (κ3) is 3.17. The zero-order chi connectivity index (χ0) is 11.1. The molecule has 0 aliphatic carbocycles. The van der Waals surface area contributed by atoms with Gasteiger partial charge in [-0.15, -0.1) is 0 Å². The smallest absolute Gasteiger partial charge is 0.0888 e. The molecule has 0 spiro atoms. The minimum atomic E-state index is 0.931. The van der Waals surface area contributed by atoms with Crippen molar-refractivity contribution in [3.8, 4) is 11.3 Å². The van der Waals surface area contributed by atoms with Gasteiger partial charge in [-0.3, -0.25) is 4.98 Å². The summed E-state index contributed by atoms with van der Waals surface area (Å²) in [5, 5.41) is 0. The van der Waals surface area contributed by atoms with Gasteiger partial charge in [0.2, 0.25) is 0 Å². The summed E-state index contributed by atoms with van der Waals surface area (Å²) < 4.78 is 0. The molecular weight excluding hydrogens is 184 g/mol. The van der Waals surface area contributed by atoms with Crippen LogP contribution in [0.3, 0.4) is 0 Å². The van der Waals surface area contributed by atoms with Crippen molar-refractivity contribution in [2.24, 2.45) is 0 Å². The predicted molar refractivity (Wildman–Crippen MR) is 63.6 cm³/mol. The fraction of sp³-hybridized carbons (Fsp3) is 0.231. The van der Waals surface area contributed by atoms with Crippen LogP contribution < -0.4 is 0 Å². The maximum Gasteiger partial charge on any atom is 0.0888 e. The van der Waals surface area contributed by atoms with Crippen LogP contribution in [-0.4, -0.2) is 9.97 Å². The zero-order valence-electron chi connectivity index (χ0n) is 9.44. The molecule has 0 amide bonds. The summed E-state index contributed by atoms with van der Waals surface area (Å²) in [7, 11) is 0. The van der Waals surface area contributed by atoms with E-state index in [4.69, 9.17) is 0 Å². The summed E-state index contributed by atoms with van der Waals surface area (Å²) in [6.07, 6.45) is 3.54. The molecule has 2 nitrogen and oxygen atoms in total. The maximum absolute atomic E-state index is 4.38. The van der Waals surface area contributed by atoms with Gasteiger partial charge in [0.1, 0.15) is 0 Å². The number of benzene rings is 1. The highest BCUT2D eigenvalue weighted by Crippen LogP contribution is 2.14. The van der Waals surface area contributed by atoms with Gasteiger partial charge in [0.15, 0.2) is 0 Å². The lowest BCUT2D eigenvalue weighted by molar-refractivity contribution is 1.12. The van der Waals surface area contributed by atoms with E-state index in [1.807, 2.05) is 51.1 Å². The third-order valence-electron chi connectivity index (χ3n) is 1.82. The van der Waals surface area contributed by atoms with Crippen molar-refractivity contribution in [2.45, 2.75) is 20.8 Å². The summed E-state index contributed by atoms with van der Waals surface area (Å²) in [6.45, 7) is 5.94. The van der Waals surface area contributed by atoms with Crippen molar-refractivity contribution < 1.29 is 0 Å². The Morgan fingerprint density at radius 1 is 0.933 bits per heavy atom. The van der Waals surface area contributed by atoms with Gasteiger partial charge in [0.05, 0.1) is 17.6 Å². The van der Waals surface area contributed by atoms with Gasteiger partial charge >= 0.3 is 0 Å². The van der Waals surface area contributed by atoms with E-state index in [-0.39, 0.29) is 0 Å². The second-order valence-electron chi connectivity index (χ2n) is 2.91. The molecule has 1 aromatic heterocycles. The van der Waals surface area contributed by atoms with Gasteiger partial charge < -0.3 is 0 Å². The van der Waals surface area contributed by atoms with Crippen molar-refractivity contribution in [2.75, 3.05) is 0 Å². The van der Waals surface area contributed by atoms with Gasteiger partial charge in [-0.25, -0.2) is 4.98 Å². The molecule has 0 aliphatic rings. The number of aromatic nitrogens is 2. The van der Waals surface area contributed by atoms with Crippen LogP contribution in [0.5, 0.6) is 0 Å². The van der Waals surface area contributed by atoms with E-state index in [0.717, 1.165) is 17.0 Å². The molecule has 0 aliphatic heterocycles. The summed E-state index contributed by atoms with van der Waals surface area (Å²) in [5.74, 6) is 0. The van der Waals surface area contributed by atoms with Crippen molar-refractivity contribution >= 4 is 0 Å². The molecule has 0 fully saturated rings. The molecule has 2 rings (SSSR count). The monoisotopic (exact) mass is 200 g/mol. The summed E-state index contributed by atoms with van der Waals surface area (Å²) >= 11 is 0. The van der Waals surface area contributed by atoms with Crippen molar-refractivity contribution in [1.82, 2.24) is 9.97 Å². The Bertz CT molecular complexity index is 396. The number of nitrogens with zero attached hydrogens (tertiary/aromatic N) is 2. The number of aryl methyl sites for hydroxylation is 1. The quantitative estimate of drug-likeness (QED) is 0.704. The minimum Gasteiger partial charge on any atom is -0.261 e. The molecule has 0 atom stereocenters. The molecule has 0 saturated carbocycles. The van der Waals surface area contributed by atoms with E-state index in [1.165, 1.54) is 0 Å². The van der Waals surface area contributed by atoms with Crippen molar-refractivity contribution in [3.63, 3.8) is 0 Å². The fourth-order valence-electron chi connectivity index (χ4n) is 1.21. The molecule has 0 saturated heterocycles. The molecule has 2 heteroatoms. The summed E-state index contributed by atoms with van der Waals surface area (Å²) in [5.41, 5.74) is 2.99. The fourth-order valence-corrected chi connectivity index (χ4v) is 1.21. The Morgan fingerprint density at radius 3 is 2.20 bits per heavy atom. The van der Waals surface area contributed by atoms with Gasteiger partial charge in [0.25, 0.3) is 0 Å². The van der Waals surface area contributed by atoms with Crippen LogP contribution in [0.4, 0.5) is 0 Å². The normalized spacial score (nSPS) is 9.00. The van der Waals surface area contributed by atoms with Gasteiger partial charge in [-0.1, -0.05) is 44.2 Å². The van der Waals surface area contributed by atoms with Crippen molar-refractivity contribution in [3.05, 3.63) is 48.4 Å². The molecular formula is C13H16N2. The van der Waals surface area contributed by atoms with Crippen LogP contribution in [0.1, 0.15) is 19.5 Å². The Labute approximate surface area is 91.0 Å². The number of hydrogen-bond donors (Lipinski definition) is 0. The molecule has 0 unspecified atom stereocenters. The number of rotatable bonds is 1. The lowest BCUT2D eigenvalue weighted by atomic mass is 10.2. The van der Waals surface area contributed by atoms with E-state index in [2.05, 4.69) is 9.97 Å². The highest BCUT2D eigenvalue weighted by Gasteiger charge is 1.97. The van der Waals surface area contributed by atoms with Gasteiger partial charge in [0, 0.05) is 11.8 Å². The number of hydrogen-bond acceptors (Lipinski definition) is 2. The van der Waals surface area contributed by atoms with Crippen LogP contribution in [0.2, 0.25) is 0 Å². The molecule has 2 aromatic rings. The molecule has 0 N–H and O–H groups in total. The second-order valence-corrected chi connectivity index (χ2v) is 2.91. The molecule has 0 bridgehead atoms. The molecule has 0 radical (unpaired) electrons. The van der Waals surface area contributed by atoms with E-state index in [9.17, 15) is 0 Å². The van der Waals surface area contributed by atoms with E-state index in [1.54, 1.807) is 12.4 Å². The second kappa shape index (κ2) is 5.91. The van der Waals surface area contributed by atoms with Crippen LogP contribution >= 0.6 is 0 Å². The molecule has 78 valence electrons.